The predicted molar refractivity (Wildman–Crippen MR) is 238 cm³/mol. The molecule has 0 aromatic heterocycles. The number of phosphoric ester groups is 1. The number of phosphoric acid groups is 1. The zero-order valence-electron chi connectivity index (χ0n) is 36.0. The van der Waals surface area contributed by atoms with Crippen LogP contribution in [0.4, 0.5) is 0 Å². The van der Waals surface area contributed by atoms with Crippen LogP contribution in [0.25, 0.3) is 0 Å². The molecular formula is C47H82NO8P. The highest BCUT2D eigenvalue weighted by Gasteiger charge is 2.25. The number of rotatable bonds is 41. The molecule has 328 valence electrons. The minimum absolute atomic E-state index is 0.0410. The molecule has 0 saturated heterocycles. The van der Waals surface area contributed by atoms with E-state index in [-0.39, 0.29) is 32.6 Å². The van der Waals surface area contributed by atoms with Gasteiger partial charge in [-0.05, 0) is 77.0 Å². The second-order valence-electron chi connectivity index (χ2n) is 14.5. The standard InChI is InChI=1S/C47H82NO8P/c1-3-5-7-9-11-13-15-17-19-21-22-24-25-27-29-31-33-35-37-39-46(49)53-43-45(44-55-57(51,52)54-42-41-48)56-47(50)40-38-36-34-32-30-28-26-23-20-18-16-14-12-10-8-6-4-2/h6,8,12,14,17-20,26,28,32,34,45H,3-5,7,9-11,13,15-16,21-25,27,29-31,33,35-44,48H2,1-2H3,(H,51,52)/b8-6+,14-12+,19-17+,20-18+,28-26+,34-32+/t45-/m1/s1. The fourth-order valence-corrected chi connectivity index (χ4v) is 6.55. The van der Waals surface area contributed by atoms with Crippen molar-refractivity contribution in [1.29, 1.82) is 0 Å². The van der Waals surface area contributed by atoms with Gasteiger partial charge in [0.15, 0.2) is 6.10 Å². The molecule has 10 heteroatoms. The van der Waals surface area contributed by atoms with Gasteiger partial charge in [0.05, 0.1) is 13.2 Å². The lowest BCUT2D eigenvalue weighted by Gasteiger charge is -2.19. The van der Waals surface area contributed by atoms with Crippen LogP contribution in [0.3, 0.4) is 0 Å². The number of allylic oxidation sites excluding steroid dienone is 12. The molecule has 3 N–H and O–H groups in total. The Morgan fingerprint density at radius 3 is 1.51 bits per heavy atom. The molecule has 0 amide bonds. The Morgan fingerprint density at radius 2 is 0.982 bits per heavy atom. The molecule has 0 aliphatic rings. The quantitative estimate of drug-likeness (QED) is 0.0267. The first-order valence-electron chi connectivity index (χ1n) is 22.4. The van der Waals surface area contributed by atoms with Crippen LogP contribution in [-0.4, -0.2) is 49.3 Å². The monoisotopic (exact) mass is 820 g/mol. The van der Waals surface area contributed by atoms with Crippen LogP contribution in [-0.2, 0) is 32.7 Å². The van der Waals surface area contributed by atoms with Gasteiger partial charge >= 0.3 is 19.8 Å². The highest BCUT2D eigenvalue weighted by atomic mass is 31.2. The maximum absolute atomic E-state index is 12.6. The number of ether oxygens (including phenoxy) is 2. The summed E-state index contributed by atoms with van der Waals surface area (Å²) in [5.74, 6) is -0.902. The smallest absolute Gasteiger partial charge is 0.462 e. The molecule has 0 radical (unpaired) electrons. The van der Waals surface area contributed by atoms with E-state index in [4.69, 9.17) is 24.3 Å². The lowest BCUT2D eigenvalue weighted by atomic mass is 10.1. The van der Waals surface area contributed by atoms with Gasteiger partial charge in [0.1, 0.15) is 6.61 Å². The van der Waals surface area contributed by atoms with E-state index in [1.807, 2.05) is 6.08 Å². The molecule has 0 fully saturated rings. The molecule has 57 heavy (non-hydrogen) atoms. The van der Waals surface area contributed by atoms with Gasteiger partial charge in [-0.15, -0.1) is 0 Å². The second kappa shape index (κ2) is 43.0. The van der Waals surface area contributed by atoms with E-state index in [2.05, 4.69) is 80.7 Å². The van der Waals surface area contributed by atoms with Crippen LogP contribution in [0.1, 0.15) is 181 Å². The Bertz CT molecular complexity index is 1160. The van der Waals surface area contributed by atoms with Crippen molar-refractivity contribution in [3.63, 3.8) is 0 Å². The normalized spacial score (nSPS) is 14.0. The third-order valence-electron chi connectivity index (χ3n) is 9.08. The molecule has 0 saturated carbocycles. The van der Waals surface area contributed by atoms with E-state index in [0.717, 1.165) is 57.8 Å². The van der Waals surface area contributed by atoms with Crippen molar-refractivity contribution in [2.75, 3.05) is 26.4 Å². The van der Waals surface area contributed by atoms with Crippen molar-refractivity contribution in [3.8, 4) is 0 Å². The molecule has 0 rings (SSSR count). The molecule has 0 aromatic carbocycles. The van der Waals surface area contributed by atoms with Gasteiger partial charge in [0, 0.05) is 19.4 Å². The van der Waals surface area contributed by atoms with Gasteiger partial charge in [-0.2, -0.15) is 0 Å². The van der Waals surface area contributed by atoms with E-state index < -0.39 is 32.5 Å². The topological polar surface area (TPSA) is 134 Å². The predicted octanol–water partition coefficient (Wildman–Crippen LogP) is 13.1. The first kappa shape index (κ1) is 54.5. The van der Waals surface area contributed by atoms with E-state index in [1.165, 1.54) is 83.5 Å². The fraction of sp³-hybridized carbons (Fsp3) is 0.702. The summed E-state index contributed by atoms with van der Waals surface area (Å²) in [6.45, 7) is 3.54. The van der Waals surface area contributed by atoms with E-state index in [0.29, 0.717) is 12.8 Å². The first-order valence-corrected chi connectivity index (χ1v) is 23.9. The van der Waals surface area contributed by atoms with Crippen LogP contribution in [0.2, 0.25) is 0 Å². The Morgan fingerprint density at radius 1 is 0.544 bits per heavy atom. The third-order valence-corrected chi connectivity index (χ3v) is 10.1. The lowest BCUT2D eigenvalue weighted by molar-refractivity contribution is -0.161. The van der Waals surface area contributed by atoms with Crippen LogP contribution in [0.15, 0.2) is 72.9 Å². The van der Waals surface area contributed by atoms with Gasteiger partial charge in [-0.3, -0.25) is 18.6 Å². The van der Waals surface area contributed by atoms with Crippen molar-refractivity contribution in [1.82, 2.24) is 0 Å². The summed E-state index contributed by atoms with van der Waals surface area (Å²) >= 11 is 0. The SMILES string of the molecule is CC/C=C/C/C=C/C/C=C/C/C=C/C/C=C/CCCC(=O)O[C@H](COC(=O)CCCCCCCCCCC/C=C/CCCCCCCC)COP(=O)(O)OCCN. The number of carbonyl (C=O) groups is 2. The average Bonchev–Trinajstić information content (AvgIpc) is 3.20. The van der Waals surface area contributed by atoms with Crippen LogP contribution in [0.5, 0.6) is 0 Å². The number of nitrogens with two attached hydrogens (primary N) is 1. The van der Waals surface area contributed by atoms with E-state index in [9.17, 15) is 19.0 Å². The van der Waals surface area contributed by atoms with Crippen LogP contribution < -0.4 is 5.73 Å². The fourth-order valence-electron chi connectivity index (χ4n) is 5.78. The molecule has 9 nitrogen and oxygen atoms in total. The van der Waals surface area contributed by atoms with Crippen molar-refractivity contribution in [2.45, 2.75) is 187 Å². The number of hydrogen-bond acceptors (Lipinski definition) is 8. The molecule has 0 bridgehead atoms. The van der Waals surface area contributed by atoms with Crippen molar-refractivity contribution < 1.29 is 37.6 Å². The van der Waals surface area contributed by atoms with E-state index in [1.54, 1.807) is 0 Å². The Balaban J connectivity index is 4.22. The molecular weight excluding hydrogens is 737 g/mol. The minimum atomic E-state index is -4.40. The zero-order valence-corrected chi connectivity index (χ0v) is 36.9. The number of carbonyl (C=O) groups excluding carboxylic acids is 2. The van der Waals surface area contributed by atoms with Crippen molar-refractivity contribution in [2.24, 2.45) is 5.73 Å². The maximum Gasteiger partial charge on any atom is 0.472 e. The van der Waals surface area contributed by atoms with Gasteiger partial charge in [0.25, 0.3) is 0 Å². The molecule has 0 heterocycles. The molecule has 0 aliphatic carbocycles. The van der Waals surface area contributed by atoms with Gasteiger partial charge in [-0.25, -0.2) is 4.57 Å². The summed E-state index contributed by atoms with van der Waals surface area (Å²) in [6, 6.07) is 0. The zero-order chi connectivity index (χ0) is 41.8. The Labute approximate surface area is 348 Å². The van der Waals surface area contributed by atoms with Gasteiger partial charge < -0.3 is 20.1 Å². The molecule has 1 unspecified atom stereocenters. The van der Waals surface area contributed by atoms with Crippen molar-refractivity contribution >= 4 is 19.8 Å². The first-order chi connectivity index (χ1) is 27.8. The molecule has 0 spiro atoms. The van der Waals surface area contributed by atoms with Gasteiger partial charge in [0.2, 0.25) is 0 Å². The van der Waals surface area contributed by atoms with Crippen LogP contribution >= 0.6 is 7.82 Å². The largest absolute Gasteiger partial charge is 0.472 e. The third kappa shape index (κ3) is 42.9. The number of unbranched alkanes of at least 4 members (excludes halogenated alkanes) is 16. The minimum Gasteiger partial charge on any atom is -0.462 e. The second-order valence-corrected chi connectivity index (χ2v) is 16.0. The average molecular weight is 820 g/mol. The summed E-state index contributed by atoms with van der Waals surface area (Å²) in [5, 5.41) is 0. The van der Waals surface area contributed by atoms with Crippen LogP contribution in [0, 0.1) is 0 Å². The Hall–Kier alpha value is -2.55. The number of hydrogen-bond donors (Lipinski definition) is 2. The summed E-state index contributed by atoms with van der Waals surface area (Å²) < 4.78 is 32.7. The summed E-state index contributed by atoms with van der Waals surface area (Å²) in [5.41, 5.74) is 5.35. The summed E-state index contributed by atoms with van der Waals surface area (Å²) in [6.07, 6.45) is 52.3. The molecule has 2 atom stereocenters. The summed E-state index contributed by atoms with van der Waals surface area (Å²) in [4.78, 5) is 34.9. The van der Waals surface area contributed by atoms with Crippen molar-refractivity contribution in [3.05, 3.63) is 72.9 Å². The van der Waals surface area contributed by atoms with Gasteiger partial charge in [-0.1, -0.05) is 164 Å². The summed E-state index contributed by atoms with van der Waals surface area (Å²) in [7, 11) is -4.40. The lowest BCUT2D eigenvalue weighted by Crippen LogP contribution is -2.29. The highest BCUT2D eigenvalue weighted by molar-refractivity contribution is 7.47. The van der Waals surface area contributed by atoms with E-state index >= 15 is 0 Å². The maximum atomic E-state index is 12.6. The highest BCUT2D eigenvalue weighted by Crippen LogP contribution is 2.43. The Kier molecular flexibility index (Phi) is 41.1. The molecule has 0 aromatic rings. The number of esters is 2. The molecule has 0 aliphatic heterocycles.